The molecule has 2 N–H and O–H groups in total. The van der Waals surface area contributed by atoms with Crippen LogP contribution in [0.1, 0.15) is 80.8 Å². The van der Waals surface area contributed by atoms with Crippen LogP contribution in [0.5, 0.6) is 0 Å². The van der Waals surface area contributed by atoms with Gasteiger partial charge in [0.05, 0.1) is 11.8 Å². The molecule has 0 bridgehead atoms. The van der Waals surface area contributed by atoms with E-state index in [1.807, 2.05) is 39.8 Å². The van der Waals surface area contributed by atoms with E-state index in [0.717, 1.165) is 47.9 Å². The average molecular weight is 597 g/mol. The Balaban J connectivity index is -0.000000461. The number of carbonyl (C=O) groups is 2. The Morgan fingerprint density at radius 2 is 0.935 bits per heavy atom. The smallest absolute Gasteiger partial charge is 1.00 e. The van der Waals surface area contributed by atoms with Gasteiger partial charge in [-0.1, -0.05) is 51.0 Å². The standard InChI is InChI=1S/2C12H17NO.2FH.Hf/c2*1-4-5-10-6-7-11(12(13)14)9(3)8(10)2;;;/h2*6-7H,4-5H2,1-3H3,(H2,13,14);2*1H;/q;;;;+4/p-4. The van der Waals surface area contributed by atoms with Crippen molar-refractivity contribution in [3.8, 4) is 0 Å². The summed E-state index contributed by atoms with van der Waals surface area (Å²) in [5, 5.41) is 0. The van der Waals surface area contributed by atoms with E-state index in [2.05, 4.69) is 13.8 Å². The predicted octanol–water partition coefficient (Wildman–Crippen LogP) is 0.902. The maximum atomic E-state index is 11.0. The molecule has 0 radical (unpaired) electrons. The summed E-state index contributed by atoms with van der Waals surface area (Å²) in [6.45, 7) is 12.1. The van der Waals surface area contributed by atoms with Crippen LogP contribution in [0.2, 0.25) is 0 Å². The topological polar surface area (TPSA) is 81.7 Å². The van der Waals surface area contributed by atoms with Gasteiger partial charge in [0.2, 0.25) is 0 Å². The number of hydrogen-bond donors (Lipinski definition) is 0. The van der Waals surface area contributed by atoms with E-state index >= 15 is 0 Å². The molecule has 2 rings (SSSR count). The molecule has 7 heteroatoms. The average Bonchev–Trinajstić information content (AvgIpc) is 2.63. The fourth-order valence-corrected chi connectivity index (χ4v) is 3.33. The first-order valence-corrected chi connectivity index (χ1v) is 9.85. The second-order valence-corrected chi connectivity index (χ2v) is 7.20. The first kappa shape index (κ1) is 33.7. The van der Waals surface area contributed by atoms with Crippen molar-refractivity contribution >= 4 is 11.8 Å². The zero-order valence-electron chi connectivity index (χ0n) is 19.2. The number of rotatable bonds is 6. The van der Waals surface area contributed by atoms with Crippen LogP contribution < -0.4 is 9.41 Å². The van der Waals surface area contributed by atoms with E-state index < -0.39 is 11.8 Å². The Kier molecular flexibility index (Phi) is 17.2. The second-order valence-electron chi connectivity index (χ2n) is 7.20. The number of aryl methyl sites for hydroxylation is 2. The van der Waals surface area contributed by atoms with Gasteiger partial charge in [0.25, 0.3) is 0 Å². The number of amides is 2. The summed E-state index contributed by atoms with van der Waals surface area (Å²) in [5.41, 5.74) is 22.0. The first-order chi connectivity index (χ1) is 13.1. The predicted molar refractivity (Wildman–Crippen MR) is 117 cm³/mol. The zero-order valence-corrected chi connectivity index (χ0v) is 22.8. The Hall–Kier alpha value is -1.89. The van der Waals surface area contributed by atoms with Crippen molar-refractivity contribution in [2.24, 2.45) is 0 Å². The minimum absolute atomic E-state index is 0. The molecule has 0 atom stereocenters. The van der Waals surface area contributed by atoms with Crippen molar-refractivity contribution in [1.82, 2.24) is 0 Å². The molecule has 31 heavy (non-hydrogen) atoms. The second kappa shape index (κ2) is 15.8. The fourth-order valence-electron chi connectivity index (χ4n) is 3.33. The van der Waals surface area contributed by atoms with Crippen molar-refractivity contribution < 1.29 is 44.8 Å². The summed E-state index contributed by atoms with van der Waals surface area (Å²) in [6.07, 6.45) is 4.29. The van der Waals surface area contributed by atoms with Gasteiger partial charge in [0, 0.05) is 11.1 Å². The molecular formula is C24H32F2HfN2O2. The Morgan fingerprint density at radius 3 is 1.16 bits per heavy atom. The number of benzene rings is 2. The summed E-state index contributed by atoms with van der Waals surface area (Å²) < 4.78 is 0. The maximum absolute atomic E-state index is 11.0. The molecule has 0 heterocycles. The van der Waals surface area contributed by atoms with Crippen molar-refractivity contribution in [3.63, 3.8) is 0 Å². The molecule has 0 unspecified atom stereocenters. The Morgan fingerprint density at radius 1 is 0.645 bits per heavy atom. The van der Waals surface area contributed by atoms with Crippen LogP contribution >= 0.6 is 0 Å². The molecule has 0 aliphatic rings. The Labute approximate surface area is 203 Å². The Bertz CT molecular complexity index is 800. The van der Waals surface area contributed by atoms with E-state index in [4.69, 9.17) is 11.5 Å². The molecule has 0 aliphatic heterocycles. The third-order valence-corrected chi connectivity index (χ3v) is 5.33. The summed E-state index contributed by atoms with van der Waals surface area (Å²) >= 11 is 0. The van der Waals surface area contributed by atoms with E-state index in [0.29, 0.717) is 11.1 Å². The van der Waals surface area contributed by atoms with Gasteiger partial charge in [0.1, 0.15) is 0 Å². The van der Waals surface area contributed by atoms with Gasteiger partial charge in [-0.05, 0) is 73.9 Å². The molecule has 168 valence electrons. The van der Waals surface area contributed by atoms with Crippen LogP contribution in [0.25, 0.3) is 11.5 Å². The molecule has 0 spiro atoms. The quantitative estimate of drug-likeness (QED) is 0.465. The van der Waals surface area contributed by atoms with Gasteiger partial charge in [-0.15, -0.1) is 0 Å². The van der Waals surface area contributed by atoms with Crippen molar-refractivity contribution in [3.05, 3.63) is 80.2 Å². The molecule has 2 aromatic rings. The van der Waals surface area contributed by atoms with Crippen LogP contribution in [0.3, 0.4) is 0 Å². The van der Waals surface area contributed by atoms with Crippen LogP contribution in [0.4, 0.5) is 0 Å². The fraction of sp³-hybridized carbons (Fsp3) is 0.417. The maximum Gasteiger partial charge on any atom is 4.00 e. The third kappa shape index (κ3) is 9.01. The zero-order chi connectivity index (χ0) is 21.4. The largest absolute Gasteiger partial charge is 4.00 e. The SMILES string of the molecule is CCCc1ccc(C([NH-])=O)c(C)c1C.CCCc1ccc(C([NH-])=O)c(C)c1C.[F-].[F-].[Hf+4]. The number of nitrogens with one attached hydrogen (secondary N) is 2. The number of halogens is 2. The van der Waals surface area contributed by atoms with E-state index in [-0.39, 0.29) is 35.3 Å². The van der Waals surface area contributed by atoms with Crippen molar-refractivity contribution in [1.29, 1.82) is 0 Å². The molecule has 0 saturated carbocycles. The normalized spacial score (nSPS) is 9.23. The van der Waals surface area contributed by atoms with E-state index in [1.54, 1.807) is 12.1 Å². The van der Waals surface area contributed by atoms with Crippen LogP contribution in [0.15, 0.2) is 24.3 Å². The van der Waals surface area contributed by atoms with E-state index in [1.165, 1.54) is 11.1 Å². The monoisotopic (exact) mass is 598 g/mol. The van der Waals surface area contributed by atoms with Crippen LogP contribution in [0, 0.1) is 27.7 Å². The minimum Gasteiger partial charge on any atom is -1.00 e. The van der Waals surface area contributed by atoms with Crippen LogP contribution in [-0.4, -0.2) is 11.8 Å². The molecular weight excluding hydrogens is 565 g/mol. The number of hydrogen-bond acceptors (Lipinski definition) is 2. The molecule has 2 aromatic carbocycles. The van der Waals surface area contributed by atoms with Gasteiger partial charge in [-0.2, -0.15) is 0 Å². The molecule has 0 aromatic heterocycles. The molecule has 2 amide bonds. The molecule has 4 nitrogen and oxygen atoms in total. The van der Waals surface area contributed by atoms with Gasteiger partial charge in [-0.25, -0.2) is 0 Å². The van der Waals surface area contributed by atoms with Gasteiger partial charge >= 0.3 is 25.8 Å². The minimum atomic E-state index is -0.589. The molecule has 0 aliphatic carbocycles. The summed E-state index contributed by atoms with van der Waals surface area (Å²) in [7, 11) is 0. The van der Waals surface area contributed by atoms with Crippen molar-refractivity contribution in [2.75, 3.05) is 0 Å². The molecule has 0 fully saturated rings. The third-order valence-electron chi connectivity index (χ3n) is 5.33. The summed E-state index contributed by atoms with van der Waals surface area (Å²) in [6, 6.07) is 7.46. The first-order valence-electron chi connectivity index (χ1n) is 9.85. The van der Waals surface area contributed by atoms with Gasteiger partial charge in [-0.3, -0.25) is 0 Å². The van der Waals surface area contributed by atoms with Crippen LogP contribution in [-0.2, 0) is 38.7 Å². The van der Waals surface area contributed by atoms with Crippen molar-refractivity contribution in [2.45, 2.75) is 67.2 Å². The van der Waals surface area contributed by atoms with E-state index in [9.17, 15) is 9.59 Å². The summed E-state index contributed by atoms with van der Waals surface area (Å²) in [4.78, 5) is 21.9. The van der Waals surface area contributed by atoms with Gasteiger partial charge < -0.3 is 30.5 Å². The van der Waals surface area contributed by atoms with Gasteiger partial charge in [0.15, 0.2) is 0 Å². The summed E-state index contributed by atoms with van der Waals surface area (Å²) in [5.74, 6) is -1.18. The molecule has 0 saturated heterocycles. The number of carbonyl (C=O) groups excluding carboxylic acids is 2.